The number of phenols is 1. The van der Waals surface area contributed by atoms with E-state index in [0.29, 0.717) is 5.56 Å². The molecule has 0 aliphatic carbocycles. The van der Waals surface area contributed by atoms with E-state index in [-0.39, 0.29) is 23.8 Å². The summed E-state index contributed by atoms with van der Waals surface area (Å²) in [6.07, 6.45) is -2.18. The van der Waals surface area contributed by atoms with Crippen LogP contribution in [0.3, 0.4) is 0 Å². The van der Waals surface area contributed by atoms with Crippen LogP contribution in [0.25, 0.3) is 0 Å². The monoisotopic (exact) mass is 232 g/mol. The fourth-order valence-electron chi connectivity index (χ4n) is 1.28. The van der Waals surface area contributed by atoms with Crippen LogP contribution in [-0.4, -0.2) is 33.1 Å². The third kappa shape index (κ3) is 3.35. The van der Waals surface area contributed by atoms with Crippen molar-refractivity contribution in [2.75, 3.05) is 6.61 Å². The van der Waals surface area contributed by atoms with Crippen molar-refractivity contribution in [2.24, 2.45) is 0 Å². The average molecular weight is 233 g/mol. The topological polar surface area (TPSA) is 80.9 Å². The van der Waals surface area contributed by atoms with Crippen LogP contribution in [0.2, 0.25) is 5.02 Å². The van der Waals surface area contributed by atoms with Crippen LogP contribution in [0.5, 0.6) is 5.75 Å². The molecular formula is C10H13ClO4. The van der Waals surface area contributed by atoms with Gasteiger partial charge in [-0.1, -0.05) is 11.6 Å². The van der Waals surface area contributed by atoms with E-state index in [9.17, 15) is 15.3 Å². The molecule has 1 aromatic rings. The molecule has 1 aromatic carbocycles. The van der Waals surface area contributed by atoms with Crippen molar-refractivity contribution in [1.29, 1.82) is 0 Å². The SMILES string of the molecule is OCCC(O)C(O)c1cc(O)cc(Cl)c1. The molecule has 0 heterocycles. The van der Waals surface area contributed by atoms with Gasteiger partial charge in [-0.25, -0.2) is 0 Å². The first-order chi connectivity index (χ1) is 7.04. The molecule has 0 amide bonds. The number of aliphatic hydroxyl groups is 3. The Kier molecular flexibility index (Phi) is 4.35. The fraction of sp³-hybridized carbons (Fsp3) is 0.400. The van der Waals surface area contributed by atoms with Gasteiger partial charge in [-0.15, -0.1) is 0 Å². The minimum Gasteiger partial charge on any atom is -0.508 e. The zero-order chi connectivity index (χ0) is 11.4. The molecule has 5 heteroatoms. The van der Waals surface area contributed by atoms with E-state index < -0.39 is 12.2 Å². The summed E-state index contributed by atoms with van der Waals surface area (Å²) < 4.78 is 0. The summed E-state index contributed by atoms with van der Waals surface area (Å²) in [6.45, 7) is -0.217. The van der Waals surface area contributed by atoms with Crippen molar-refractivity contribution in [1.82, 2.24) is 0 Å². The normalized spacial score (nSPS) is 14.9. The number of benzene rings is 1. The Labute approximate surface area is 92.4 Å². The second kappa shape index (κ2) is 5.32. The van der Waals surface area contributed by atoms with Crippen molar-refractivity contribution in [2.45, 2.75) is 18.6 Å². The van der Waals surface area contributed by atoms with E-state index >= 15 is 0 Å². The predicted molar refractivity (Wildman–Crippen MR) is 55.8 cm³/mol. The van der Waals surface area contributed by atoms with E-state index in [1.165, 1.54) is 18.2 Å². The number of aromatic hydroxyl groups is 1. The van der Waals surface area contributed by atoms with Crippen LogP contribution in [-0.2, 0) is 0 Å². The molecule has 0 aliphatic heterocycles. The Morgan fingerprint density at radius 2 is 1.87 bits per heavy atom. The second-order valence-corrected chi connectivity index (χ2v) is 3.70. The summed E-state index contributed by atoms with van der Waals surface area (Å²) >= 11 is 5.67. The van der Waals surface area contributed by atoms with Gasteiger partial charge in [-0.05, 0) is 30.2 Å². The summed E-state index contributed by atoms with van der Waals surface area (Å²) in [5, 5.41) is 37.2. The number of aliphatic hydroxyl groups excluding tert-OH is 3. The molecule has 0 radical (unpaired) electrons. The van der Waals surface area contributed by atoms with Gasteiger partial charge in [0.05, 0.1) is 6.10 Å². The standard InChI is InChI=1S/C10H13ClO4/c11-7-3-6(4-8(13)5-7)10(15)9(14)1-2-12/h3-5,9-10,12-15H,1-2H2. The summed E-state index contributed by atoms with van der Waals surface area (Å²) in [5.41, 5.74) is 0.320. The molecule has 15 heavy (non-hydrogen) atoms. The molecular weight excluding hydrogens is 220 g/mol. The van der Waals surface area contributed by atoms with Gasteiger partial charge >= 0.3 is 0 Å². The average Bonchev–Trinajstić information content (AvgIpc) is 2.15. The van der Waals surface area contributed by atoms with Gasteiger partial charge in [0, 0.05) is 11.6 Å². The van der Waals surface area contributed by atoms with Crippen molar-refractivity contribution in [3.63, 3.8) is 0 Å². The first-order valence-electron chi connectivity index (χ1n) is 4.51. The van der Waals surface area contributed by atoms with E-state index in [2.05, 4.69) is 0 Å². The molecule has 4 nitrogen and oxygen atoms in total. The first-order valence-corrected chi connectivity index (χ1v) is 4.89. The summed E-state index contributed by atoms with van der Waals surface area (Å²) in [4.78, 5) is 0. The molecule has 4 N–H and O–H groups in total. The maximum Gasteiger partial charge on any atom is 0.117 e. The van der Waals surface area contributed by atoms with Crippen LogP contribution < -0.4 is 0 Å². The number of rotatable bonds is 4. The smallest absolute Gasteiger partial charge is 0.117 e. The highest BCUT2D eigenvalue weighted by Crippen LogP contribution is 2.26. The highest BCUT2D eigenvalue weighted by Gasteiger charge is 2.18. The molecule has 0 aromatic heterocycles. The Hall–Kier alpha value is -0.810. The van der Waals surface area contributed by atoms with Gasteiger partial charge in [0.25, 0.3) is 0 Å². The van der Waals surface area contributed by atoms with Gasteiger partial charge in [0.2, 0.25) is 0 Å². The summed E-state index contributed by atoms with van der Waals surface area (Å²) in [6, 6.07) is 4.10. The molecule has 0 aliphatic rings. The highest BCUT2D eigenvalue weighted by atomic mass is 35.5. The van der Waals surface area contributed by atoms with Crippen LogP contribution >= 0.6 is 11.6 Å². The Morgan fingerprint density at radius 3 is 2.40 bits per heavy atom. The number of hydrogen-bond acceptors (Lipinski definition) is 4. The lowest BCUT2D eigenvalue weighted by Gasteiger charge is -2.17. The molecule has 1 rings (SSSR count). The second-order valence-electron chi connectivity index (χ2n) is 3.27. The van der Waals surface area contributed by atoms with E-state index in [4.69, 9.17) is 16.7 Å². The number of halogens is 1. The third-order valence-corrected chi connectivity index (χ3v) is 2.25. The Bertz CT molecular complexity index is 309. The molecule has 0 bridgehead atoms. The van der Waals surface area contributed by atoms with Crippen molar-refractivity contribution < 1.29 is 20.4 Å². The molecule has 0 saturated heterocycles. The Morgan fingerprint density at radius 1 is 1.20 bits per heavy atom. The number of hydrogen-bond donors (Lipinski definition) is 4. The van der Waals surface area contributed by atoms with Crippen LogP contribution in [0.1, 0.15) is 18.1 Å². The maximum absolute atomic E-state index is 9.64. The van der Waals surface area contributed by atoms with Crippen molar-refractivity contribution in [3.05, 3.63) is 28.8 Å². The van der Waals surface area contributed by atoms with Gasteiger partial charge in [0.1, 0.15) is 11.9 Å². The van der Waals surface area contributed by atoms with Gasteiger partial charge in [-0.2, -0.15) is 0 Å². The molecule has 84 valence electrons. The molecule has 0 fully saturated rings. The molecule has 2 unspecified atom stereocenters. The quantitative estimate of drug-likeness (QED) is 0.620. The van der Waals surface area contributed by atoms with E-state index in [0.717, 1.165) is 0 Å². The summed E-state index contributed by atoms with van der Waals surface area (Å²) in [7, 11) is 0. The highest BCUT2D eigenvalue weighted by molar-refractivity contribution is 6.30. The molecule has 0 saturated carbocycles. The number of phenolic OH excluding ortho intramolecular Hbond substituents is 1. The van der Waals surface area contributed by atoms with Gasteiger partial charge < -0.3 is 20.4 Å². The van der Waals surface area contributed by atoms with Gasteiger partial charge in [0.15, 0.2) is 0 Å². The third-order valence-electron chi connectivity index (χ3n) is 2.04. The zero-order valence-electron chi connectivity index (χ0n) is 7.97. The van der Waals surface area contributed by atoms with Gasteiger partial charge in [-0.3, -0.25) is 0 Å². The zero-order valence-corrected chi connectivity index (χ0v) is 8.72. The lowest BCUT2D eigenvalue weighted by Crippen LogP contribution is -2.19. The maximum atomic E-state index is 9.64. The van der Waals surface area contributed by atoms with E-state index in [1.54, 1.807) is 0 Å². The predicted octanol–water partition coefficient (Wildman–Crippen LogP) is 0.822. The lowest BCUT2D eigenvalue weighted by molar-refractivity contribution is 0.00414. The minimum atomic E-state index is -1.17. The largest absolute Gasteiger partial charge is 0.508 e. The summed E-state index contributed by atoms with van der Waals surface area (Å²) in [5.74, 6) is -0.0762. The lowest BCUT2D eigenvalue weighted by atomic mass is 10.0. The Balaban J connectivity index is 2.85. The van der Waals surface area contributed by atoms with Crippen LogP contribution in [0.4, 0.5) is 0 Å². The molecule has 2 atom stereocenters. The van der Waals surface area contributed by atoms with E-state index in [1.807, 2.05) is 0 Å². The molecule has 0 spiro atoms. The van der Waals surface area contributed by atoms with Crippen molar-refractivity contribution in [3.8, 4) is 5.75 Å². The fourth-order valence-corrected chi connectivity index (χ4v) is 1.52. The van der Waals surface area contributed by atoms with Crippen molar-refractivity contribution >= 4 is 11.6 Å². The van der Waals surface area contributed by atoms with Crippen LogP contribution in [0, 0.1) is 0 Å². The minimum absolute atomic E-state index is 0.0639. The first kappa shape index (κ1) is 12.3. The van der Waals surface area contributed by atoms with Crippen LogP contribution in [0.15, 0.2) is 18.2 Å².